The van der Waals surface area contributed by atoms with Gasteiger partial charge in [0.1, 0.15) is 0 Å². The van der Waals surface area contributed by atoms with Crippen molar-refractivity contribution in [3.8, 4) is 0 Å². The number of esters is 4. The monoisotopic (exact) mass is 685 g/mol. The van der Waals surface area contributed by atoms with Gasteiger partial charge in [0.2, 0.25) is 0 Å². The molecule has 0 saturated carbocycles. The Balaban J connectivity index is 0. The molecule has 8 nitrogen and oxygen atoms in total. The molecular formula is C40H76O8. The molecule has 0 aromatic rings. The molecule has 0 aliphatic rings. The molecule has 48 heavy (non-hydrogen) atoms. The Morgan fingerprint density at radius 2 is 0.438 bits per heavy atom. The standard InChI is InChI=1S/2C20H38O4/c2*1-3-5-7-9-11-13-17-23-19(21)15-16-20(22)24-18-14-12-10-8-6-4-2/h2*3-18H2,1-2H3. The summed E-state index contributed by atoms with van der Waals surface area (Å²) >= 11 is 0. The highest BCUT2D eigenvalue weighted by Gasteiger charge is 2.10. The molecule has 0 aliphatic heterocycles. The van der Waals surface area contributed by atoms with Gasteiger partial charge in [-0.1, -0.05) is 156 Å². The molecule has 0 atom stereocenters. The maximum atomic E-state index is 11.5. The van der Waals surface area contributed by atoms with Crippen LogP contribution in [0.3, 0.4) is 0 Å². The zero-order valence-corrected chi connectivity index (χ0v) is 31.9. The predicted molar refractivity (Wildman–Crippen MR) is 196 cm³/mol. The lowest BCUT2D eigenvalue weighted by Gasteiger charge is -2.06. The highest BCUT2D eigenvalue weighted by Crippen LogP contribution is 2.09. The molecule has 0 heterocycles. The molecule has 0 spiro atoms. The fourth-order valence-electron chi connectivity index (χ4n) is 4.97. The van der Waals surface area contributed by atoms with Gasteiger partial charge in [0.15, 0.2) is 0 Å². The first-order valence-corrected chi connectivity index (χ1v) is 20.0. The Labute approximate surface area is 295 Å². The molecule has 0 aliphatic carbocycles. The first-order valence-electron chi connectivity index (χ1n) is 20.0. The largest absolute Gasteiger partial charge is 0.466 e. The summed E-state index contributed by atoms with van der Waals surface area (Å²) in [6.45, 7) is 10.7. The van der Waals surface area contributed by atoms with Crippen LogP contribution >= 0.6 is 0 Å². The summed E-state index contributed by atoms with van der Waals surface area (Å²) < 4.78 is 20.5. The van der Waals surface area contributed by atoms with E-state index in [9.17, 15) is 19.2 Å². The van der Waals surface area contributed by atoms with Crippen LogP contribution in [0.2, 0.25) is 0 Å². The van der Waals surface area contributed by atoms with E-state index in [1.54, 1.807) is 0 Å². The normalized spacial score (nSPS) is 10.6. The Bertz CT molecular complexity index is 604. The second-order valence-electron chi connectivity index (χ2n) is 13.0. The van der Waals surface area contributed by atoms with Crippen LogP contribution in [0.4, 0.5) is 0 Å². The van der Waals surface area contributed by atoms with Gasteiger partial charge >= 0.3 is 23.9 Å². The van der Waals surface area contributed by atoms with E-state index >= 15 is 0 Å². The molecule has 0 aromatic carbocycles. The maximum Gasteiger partial charge on any atom is 0.306 e. The third kappa shape index (κ3) is 41.9. The molecule has 0 fully saturated rings. The van der Waals surface area contributed by atoms with Gasteiger partial charge < -0.3 is 18.9 Å². The van der Waals surface area contributed by atoms with E-state index in [2.05, 4.69) is 27.7 Å². The summed E-state index contributed by atoms with van der Waals surface area (Å²) in [4.78, 5) is 46.1. The number of hydrogen-bond donors (Lipinski definition) is 0. The highest BCUT2D eigenvalue weighted by atomic mass is 16.5. The lowest BCUT2D eigenvalue weighted by molar-refractivity contribution is -0.150. The van der Waals surface area contributed by atoms with Gasteiger partial charge in [0.05, 0.1) is 52.1 Å². The summed E-state index contributed by atoms with van der Waals surface area (Å²) in [5, 5.41) is 0. The smallest absolute Gasteiger partial charge is 0.306 e. The molecule has 0 N–H and O–H groups in total. The van der Waals surface area contributed by atoms with Gasteiger partial charge in [0.25, 0.3) is 0 Å². The average Bonchev–Trinajstić information content (AvgIpc) is 3.08. The quantitative estimate of drug-likeness (QED) is 0.0374. The van der Waals surface area contributed by atoms with Crippen LogP contribution < -0.4 is 0 Å². The fourth-order valence-corrected chi connectivity index (χ4v) is 4.97. The van der Waals surface area contributed by atoms with Crippen molar-refractivity contribution in [2.75, 3.05) is 26.4 Å². The summed E-state index contributed by atoms with van der Waals surface area (Å²) in [7, 11) is 0. The van der Waals surface area contributed by atoms with Gasteiger partial charge in [-0.3, -0.25) is 19.2 Å². The van der Waals surface area contributed by atoms with Crippen molar-refractivity contribution < 1.29 is 38.1 Å². The van der Waals surface area contributed by atoms with Crippen LogP contribution in [0, 0.1) is 0 Å². The van der Waals surface area contributed by atoms with E-state index in [1.807, 2.05) is 0 Å². The maximum absolute atomic E-state index is 11.5. The number of ether oxygens (including phenoxy) is 4. The van der Waals surface area contributed by atoms with Gasteiger partial charge in [-0.15, -0.1) is 0 Å². The van der Waals surface area contributed by atoms with E-state index in [-0.39, 0.29) is 49.6 Å². The SMILES string of the molecule is CCCCCCCCOC(=O)CCC(=O)OCCCCCCCC.CCCCCCCCOC(=O)CCC(=O)OCCCCCCCC. The van der Waals surface area contributed by atoms with E-state index in [4.69, 9.17) is 18.9 Å². The molecule has 0 saturated heterocycles. The number of carbonyl (C=O) groups excluding carboxylic acids is 4. The average molecular weight is 685 g/mol. The molecular weight excluding hydrogens is 608 g/mol. The zero-order valence-electron chi connectivity index (χ0n) is 31.9. The van der Waals surface area contributed by atoms with E-state index in [0.29, 0.717) is 26.4 Å². The minimum absolute atomic E-state index is 0.130. The number of hydrogen-bond acceptors (Lipinski definition) is 8. The zero-order chi connectivity index (χ0) is 35.8. The molecule has 0 unspecified atom stereocenters. The second kappa shape index (κ2) is 41.1. The molecule has 0 rings (SSSR count). The van der Waals surface area contributed by atoms with Crippen molar-refractivity contribution in [3.63, 3.8) is 0 Å². The number of unbranched alkanes of at least 4 members (excludes halogenated alkanes) is 20. The molecule has 0 radical (unpaired) electrons. The van der Waals surface area contributed by atoms with Crippen LogP contribution in [0.25, 0.3) is 0 Å². The van der Waals surface area contributed by atoms with Crippen molar-refractivity contribution in [1.82, 2.24) is 0 Å². The van der Waals surface area contributed by atoms with E-state index in [1.165, 1.54) is 103 Å². The summed E-state index contributed by atoms with van der Waals surface area (Å²) in [5.41, 5.74) is 0. The topological polar surface area (TPSA) is 105 Å². The lowest BCUT2D eigenvalue weighted by Crippen LogP contribution is -2.11. The minimum atomic E-state index is -0.292. The molecule has 8 heteroatoms. The third-order valence-corrected chi connectivity index (χ3v) is 8.11. The van der Waals surface area contributed by atoms with Crippen LogP contribution in [0.5, 0.6) is 0 Å². The van der Waals surface area contributed by atoms with Crippen LogP contribution in [0.15, 0.2) is 0 Å². The van der Waals surface area contributed by atoms with Crippen LogP contribution in [0.1, 0.15) is 207 Å². The first kappa shape index (κ1) is 48.0. The first-order chi connectivity index (χ1) is 23.4. The van der Waals surface area contributed by atoms with Gasteiger partial charge in [-0.25, -0.2) is 0 Å². The van der Waals surface area contributed by atoms with Crippen molar-refractivity contribution >= 4 is 23.9 Å². The summed E-state index contributed by atoms with van der Waals surface area (Å²) in [6, 6.07) is 0. The Morgan fingerprint density at radius 3 is 0.625 bits per heavy atom. The van der Waals surface area contributed by atoms with Gasteiger partial charge in [-0.2, -0.15) is 0 Å². The fraction of sp³-hybridized carbons (Fsp3) is 0.900. The number of carbonyl (C=O) groups is 4. The Morgan fingerprint density at radius 1 is 0.271 bits per heavy atom. The Kier molecular flexibility index (Phi) is 41.0. The van der Waals surface area contributed by atoms with E-state index < -0.39 is 0 Å². The lowest BCUT2D eigenvalue weighted by atomic mass is 10.1. The van der Waals surface area contributed by atoms with E-state index in [0.717, 1.165) is 51.4 Å². The van der Waals surface area contributed by atoms with Gasteiger partial charge in [0, 0.05) is 0 Å². The summed E-state index contributed by atoms with van der Waals surface area (Å²) in [5.74, 6) is -1.17. The molecule has 0 aromatic heterocycles. The minimum Gasteiger partial charge on any atom is -0.466 e. The van der Waals surface area contributed by atoms with Crippen molar-refractivity contribution in [2.24, 2.45) is 0 Å². The summed E-state index contributed by atoms with van der Waals surface area (Å²) in [6.07, 6.45) is 28.5. The molecule has 284 valence electrons. The van der Waals surface area contributed by atoms with Crippen LogP contribution in [-0.2, 0) is 38.1 Å². The van der Waals surface area contributed by atoms with Crippen LogP contribution in [-0.4, -0.2) is 50.3 Å². The van der Waals surface area contributed by atoms with Crippen molar-refractivity contribution in [2.45, 2.75) is 207 Å². The molecule has 0 bridgehead atoms. The highest BCUT2D eigenvalue weighted by molar-refractivity contribution is 5.78. The third-order valence-electron chi connectivity index (χ3n) is 8.11. The predicted octanol–water partition coefficient (Wildman–Crippen LogP) is 11.1. The Hall–Kier alpha value is -2.12. The van der Waals surface area contributed by atoms with Crippen molar-refractivity contribution in [1.29, 1.82) is 0 Å². The van der Waals surface area contributed by atoms with Gasteiger partial charge in [-0.05, 0) is 25.7 Å². The van der Waals surface area contributed by atoms with Crippen molar-refractivity contribution in [3.05, 3.63) is 0 Å². The second-order valence-corrected chi connectivity index (χ2v) is 13.0. The molecule has 0 amide bonds. The number of rotatable bonds is 34.